The number of aromatic nitrogens is 3. The van der Waals surface area contributed by atoms with Crippen molar-refractivity contribution in [2.24, 2.45) is 0 Å². The van der Waals surface area contributed by atoms with Crippen LogP contribution in [0.5, 0.6) is 0 Å². The van der Waals surface area contributed by atoms with Crippen LogP contribution in [0.2, 0.25) is 0 Å². The Hall–Kier alpha value is -1.68. The van der Waals surface area contributed by atoms with Gasteiger partial charge in [-0.15, -0.1) is 5.10 Å². The van der Waals surface area contributed by atoms with E-state index < -0.39 is 0 Å². The molecule has 4 nitrogen and oxygen atoms in total. The van der Waals surface area contributed by atoms with Gasteiger partial charge in [0, 0.05) is 5.41 Å². The lowest BCUT2D eigenvalue weighted by atomic mass is 9.86. The minimum atomic E-state index is -0.207. The highest BCUT2D eigenvalue weighted by Gasteiger charge is 2.18. The van der Waals surface area contributed by atoms with E-state index in [1.54, 1.807) is 17.1 Å². The molecule has 0 saturated carbocycles. The predicted molar refractivity (Wildman–Crippen MR) is 61.5 cm³/mol. The van der Waals surface area contributed by atoms with Gasteiger partial charge in [-0.25, -0.2) is 4.68 Å². The Bertz CT molecular complexity index is 446. The van der Waals surface area contributed by atoms with Crippen molar-refractivity contribution < 1.29 is 5.11 Å². The standard InChI is InChI=1S/C12H15N3O/c1-12(2,9-16)10-3-5-11(6-4-10)15-8-7-13-14-15/h3-8,16H,9H2,1-2H3. The monoisotopic (exact) mass is 217 g/mol. The lowest BCUT2D eigenvalue weighted by Crippen LogP contribution is -2.21. The van der Waals surface area contributed by atoms with E-state index in [4.69, 9.17) is 0 Å². The van der Waals surface area contributed by atoms with E-state index >= 15 is 0 Å². The normalized spacial score (nSPS) is 11.7. The van der Waals surface area contributed by atoms with E-state index in [2.05, 4.69) is 10.3 Å². The van der Waals surface area contributed by atoms with E-state index in [0.717, 1.165) is 11.3 Å². The fourth-order valence-electron chi connectivity index (χ4n) is 1.50. The largest absolute Gasteiger partial charge is 0.395 e. The maximum atomic E-state index is 9.27. The maximum absolute atomic E-state index is 9.27. The van der Waals surface area contributed by atoms with Gasteiger partial charge in [-0.05, 0) is 17.7 Å². The summed E-state index contributed by atoms with van der Waals surface area (Å²) < 4.78 is 1.70. The van der Waals surface area contributed by atoms with Gasteiger partial charge >= 0.3 is 0 Å². The van der Waals surface area contributed by atoms with Crippen LogP contribution in [-0.2, 0) is 5.41 Å². The van der Waals surface area contributed by atoms with Gasteiger partial charge < -0.3 is 5.11 Å². The van der Waals surface area contributed by atoms with Crippen molar-refractivity contribution in [1.82, 2.24) is 15.0 Å². The second-order valence-electron chi connectivity index (χ2n) is 4.44. The summed E-state index contributed by atoms with van der Waals surface area (Å²) in [5.74, 6) is 0. The summed E-state index contributed by atoms with van der Waals surface area (Å²) in [6.07, 6.45) is 3.44. The van der Waals surface area contributed by atoms with Gasteiger partial charge in [0.05, 0.1) is 24.7 Å². The van der Waals surface area contributed by atoms with Gasteiger partial charge in [-0.1, -0.05) is 31.2 Å². The van der Waals surface area contributed by atoms with Gasteiger partial charge in [0.25, 0.3) is 0 Å². The zero-order valence-electron chi connectivity index (χ0n) is 9.46. The van der Waals surface area contributed by atoms with Crippen LogP contribution in [0.4, 0.5) is 0 Å². The second-order valence-corrected chi connectivity index (χ2v) is 4.44. The van der Waals surface area contributed by atoms with Gasteiger partial charge in [0.15, 0.2) is 0 Å². The first-order valence-electron chi connectivity index (χ1n) is 5.21. The molecule has 16 heavy (non-hydrogen) atoms. The van der Waals surface area contributed by atoms with Gasteiger partial charge in [-0.3, -0.25) is 0 Å². The van der Waals surface area contributed by atoms with Crippen LogP contribution < -0.4 is 0 Å². The molecule has 1 aromatic carbocycles. The summed E-state index contributed by atoms with van der Waals surface area (Å²) in [5, 5.41) is 16.9. The number of aliphatic hydroxyl groups excluding tert-OH is 1. The van der Waals surface area contributed by atoms with Crippen LogP contribution in [0.3, 0.4) is 0 Å². The Morgan fingerprint density at radius 3 is 2.44 bits per heavy atom. The summed E-state index contributed by atoms with van der Waals surface area (Å²) in [5.41, 5.74) is 1.87. The summed E-state index contributed by atoms with van der Waals surface area (Å²) in [7, 11) is 0. The van der Waals surface area contributed by atoms with Crippen LogP contribution in [0.25, 0.3) is 5.69 Å². The highest BCUT2D eigenvalue weighted by Crippen LogP contribution is 2.23. The first-order valence-corrected chi connectivity index (χ1v) is 5.21. The molecular weight excluding hydrogens is 202 g/mol. The average molecular weight is 217 g/mol. The topological polar surface area (TPSA) is 50.9 Å². The van der Waals surface area contributed by atoms with Gasteiger partial charge in [0.1, 0.15) is 0 Å². The fourth-order valence-corrected chi connectivity index (χ4v) is 1.50. The van der Waals surface area contributed by atoms with Crippen LogP contribution >= 0.6 is 0 Å². The molecule has 0 aliphatic carbocycles. The predicted octanol–water partition coefficient (Wildman–Crippen LogP) is 1.54. The quantitative estimate of drug-likeness (QED) is 0.848. The molecule has 0 radical (unpaired) electrons. The highest BCUT2D eigenvalue weighted by atomic mass is 16.3. The number of nitrogens with zero attached hydrogens (tertiary/aromatic N) is 3. The van der Waals surface area contributed by atoms with Crippen molar-refractivity contribution in [3.63, 3.8) is 0 Å². The number of aliphatic hydroxyl groups is 1. The Balaban J connectivity index is 2.30. The fraction of sp³-hybridized carbons (Fsp3) is 0.333. The van der Waals surface area contributed by atoms with Crippen molar-refractivity contribution >= 4 is 0 Å². The summed E-state index contributed by atoms with van der Waals surface area (Å²) in [6, 6.07) is 7.96. The molecule has 4 heteroatoms. The molecule has 0 bridgehead atoms. The van der Waals surface area contributed by atoms with Gasteiger partial charge in [-0.2, -0.15) is 0 Å². The first kappa shape index (κ1) is 10.8. The molecule has 0 amide bonds. The summed E-state index contributed by atoms with van der Waals surface area (Å²) in [6.45, 7) is 4.16. The SMILES string of the molecule is CC(C)(CO)c1ccc(-n2ccnn2)cc1. The molecule has 0 aliphatic rings. The minimum Gasteiger partial charge on any atom is -0.395 e. The Morgan fingerprint density at radius 2 is 1.94 bits per heavy atom. The molecule has 0 fully saturated rings. The molecule has 2 aromatic rings. The van der Waals surface area contributed by atoms with E-state index in [9.17, 15) is 5.11 Å². The van der Waals surface area contributed by atoms with Gasteiger partial charge in [0.2, 0.25) is 0 Å². The molecule has 1 heterocycles. The molecule has 1 aromatic heterocycles. The van der Waals surface area contributed by atoms with Crippen molar-refractivity contribution in [2.45, 2.75) is 19.3 Å². The molecule has 0 aliphatic heterocycles. The second kappa shape index (κ2) is 4.06. The zero-order chi connectivity index (χ0) is 11.6. The van der Waals surface area contributed by atoms with Crippen LogP contribution in [0.1, 0.15) is 19.4 Å². The minimum absolute atomic E-state index is 0.135. The third kappa shape index (κ3) is 1.97. The third-order valence-electron chi connectivity index (χ3n) is 2.73. The van der Waals surface area contributed by atoms with Crippen LogP contribution in [-0.4, -0.2) is 26.7 Å². The average Bonchev–Trinajstić information content (AvgIpc) is 2.83. The van der Waals surface area contributed by atoms with E-state index in [1.165, 1.54) is 0 Å². The number of hydrogen-bond donors (Lipinski definition) is 1. The summed E-state index contributed by atoms with van der Waals surface area (Å²) in [4.78, 5) is 0. The number of hydrogen-bond acceptors (Lipinski definition) is 3. The lowest BCUT2D eigenvalue weighted by molar-refractivity contribution is 0.218. The zero-order valence-corrected chi connectivity index (χ0v) is 9.46. The van der Waals surface area contributed by atoms with Crippen molar-refractivity contribution in [3.8, 4) is 5.69 Å². The van der Waals surface area contributed by atoms with Crippen molar-refractivity contribution in [1.29, 1.82) is 0 Å². The Labute approximate surface area is 94.5 Å². The van der Waals surface area contributed by atoms with Crippen molar-refractivity contribution in [2.75, 3.05) is 6.61 Å². The van der Waals surface area contributed by atoms with Crippen LogP contribution in [0.15, 0.2) is 36.7 Å². The highest BCUT2D eigenvalue weighted by molar-refractivity contribution is 5.36. The molecule has 0 unspecified atom stereocenters. The molecule has 0 spiro atoms. The Kier molecular flexibility index (Phi) is 2.75. The third-order valence-corrected chi connectivity index (χ3v) is 2.73. The molecule has 1 N–H and O–H groups in total. The molecule has 2 rings (SSSR count). The molecular formula is C12H15N3O. The van der Waals surface area contributed by atoms with Crippen molar-refractivity contribution in [3.05, 3.63) is 42.2 Å². The lowest BCUT2D eigenvalue weighted by Gasteiger charge is -2.22. The first-order chi connectivity index (χ1) is 7.63. The van der Waals surface area contributed by atoms with E-state index in [-0.39, 0.29) is 12.0 Å². The van der Waals surface area contributed by atoms with Crippen LogP contribution in [0, 0.1) is 0 Å². The molecule has 0 atom stereocenters. The van der Waals surface area contributed by atoms with E-state index in [0.29, 0.717) is 0 Å². The number of rotatable bonds is 3. The number of benzene rings is 1. The maximum Gasteiger partial charge on any atom is 0.0697 e. The van der Waals surface area contributed by atoms with E-state index in [1.807, 2.05) is 38.1 Å². The Morgan fingerprint density at radius 1 is 1.25 bits per heavy atom. The summed E-state index contributed by atoms with van der Waals surface area (Å²) >= 11 is 0. The molecule has 84 valence electrons. The molecule has 0 saturated heterocycles. The smallest absolute Gasteiger partial charge is 0.0697 e.